The van der Waals surface area contributed by atoms with Gasteiger partial charge in [0.05, 0.1) is 17.4 Å². The highest BCUT2D eigenvalue weighted by Gasteiger charge is 2.12. The van der Waals surface area contributed by atoms with E-state index in [0.717, 1.165) is 22.9 Å². The van der Waals surface area contributed by atoms with E-state index in [-0.39, 0.29) is 6.61 Å². The molecule has 0 spiro atoms. The Bertz CT molecular complexity index is 934. The van der Waals surface area contributed by atoms with Crippen LogP contribution in [0.15, 0.2) is 36.4 Å². The molecule has 1 N–H and O–H groups in total. The summed E-state index contributed by atoms with van der Waals surface area (Å²) in [5.74, 6) is -0.482. The van der Waals surface area contributed by atoms with Gasteiger partial charge in [-0.05, 0) is 49.2 Å². The van der Waals surface area contributed by atoms with Gasteiger partial charge in [0.15, 0.2) is 13.2 Å². The normalized spacial score (nSPS) is 10.5. The summed E-state index contributed by atoms with van der Waals surface area (Å²) in [5, 5.41) is 2.66. The van der Waals surface area contributed by atoms with Crippen LogP contribution < -0.4 is 10.1 Å². The average molecular weight is 371 g/mol. The average Bonchev–Trinajstić information content (AvgIpc) is 3.07. The highest BCUT2D eigenvalue weighted by atomic mass is 32.1. The molecule has 2 aromatic carbocycles. The molecule has 0 atom stereocenters. The van der Waals surface area contributed by atoms with E-state index in [4.69, 9.17) is 9.47 Å². The molecule has 0 saturated carbocycles. The summed E-state index contributed by atoms with van der Waals surface area (Å²) in [5.41, 5.74) is 3.92. The molecule has 26 heavy (non-hydrogen) atoms. The van der Waals surface area contributed by atoms with Gasteiger partial charge in [-0.2, -0.15) is 8.75 Å². The second-order valence-electron chi connectivity index (χ2n) is 5.76. The Morgan fingerprint density at radius 3 is 2.62 bits per heavy atom. The number of aryl methyl sites for hydroxylation is 2. The molecule has 134 valence electrons. The Hall–Kier alpha value is -3.00. The van der Waals surface area contributed by atoms with Crippen molar-refractivity contribution < 1.29 is 19.1 Å². The third-order valence-corrected chi connectivity index (χ3v) is 4.02. The van der Waals surface area contributed by atoms with Crippen molar-refractivity contribution in [2.24, 2.45) is 0 Å². The van der Waals surface area contributed by atoms with E-state index in [9.17, 15) is 9.59 Å². The van der Waals surface area contributed by atoms with E-state index in [0.29, 0.717) is 22.5 Å². The highest BCUT2D eigenvalue weighted by molar-refractivity contribution is 7.00. The van der Waals surface area contributed by atoms with Crippen molar-refractivity contribution in [2.45, 2.75) is 13.8 Å². The van der Waals surface area contributed by atoms with Gasteiger partial charge < -0.3 is 14.8 Å². The molecule has 1 aromatic heterocycles. The molecular formula is C18H17N3O4S. The van der Waals surface area contributed by atoms with Crippen LogP contribution >= 0.6 is 11.7 Å². The van der Waals surface area contributed by atoms with Crippen LogP contribution in [-0.4, -0.2) is 33.8 Å². The zero-order chi connectivity index (χ0) is 18.5. The number of nitrogens with zero attached hydrogens (tertiary/aromatic N) is 2. The van der Waals surface area contributed by atoms with Gasteiger partial charge in [-0.3, -0.25) is 4.79 Å². The van der Waals surface area contributed by atoms with Gasteiger partial charge >= 0.3 is 5.97 Å². The van der Waals surface area contributed by atoms with Crippen molar-refractivity contribution in [3.05, 3.63) is 47.5 Å². The van der Waals surface area contributed by atoms with Crippen LogP contribution in [0.1, 0.15) is 11.1 Å². The number of ether oxygens (including phenoxy) is 2. The van der Waals surface area contributed by atoms with Crippen molar-refractivity contribution in [3.8, 4) is 5.75 Å². The number of aromatic nitrogens is 2. The Morgan fingerprint density at radius 2 is 1.85 bits per heavy atom. The molecule has 0 radical (unpaired) electrons. The number of carbonyl (C=O) groups is 2. The fourth-order valence-corrected chi connectivity index (χ4v) is 2.99. The van der Waals surface area contributed by atoms with Gasteiger partial charge in [-0.25, -0.2) is 4.79 Å². The second kappa shape index (κ2) is 7.92. The predicted octanol–water partition coefficient (Wildman–Crippen LogP) is 2.87. The lowest BCUT2D eigenvalue weighted by atomic mass is 10.1. The molecule has 0 unspecified atom stereocenters. The van der Waals surface area contributed by atoms with Crippen LogP contribution in [0.5, 0.6) is 5.75 Å². The molecule has 1 amide bonds. The Labute approximate surface area is 154 Å². The van der Waals surface area contributed by atoms with Crippen molar-refractivity contribution >= 4 is 40.3 Å². The third kappa shape index (κ3) is 4.54. The van der Waals surface area contributed by atoms with E-state index >= 15 is 0 Å². The topological polar surface area (TPSA) is 90.4 Å². The molecule has 0 aliphatic rings. The van der Waals surface area contributed by atoms with Crippen LogP contribution in [-0.2, 0) is 14.3 Å². The predicted molar refractivity (Wildman–Crippen MR) is 98.4 cm³/mol. The number of fused-ring (bicyclic) bond motifs is 1. The van der Waals surface area contributed by atoms with Gasteiger partial charge in [0.25, 0.3) is 5.91 Å². The Balaban J connectivity index is 1.48. The minimum Gasteiger partial charge on any atom is -0.482 e. The van der Waals surface area contributed by atoms with Crippen LogP contribution in [0, 0.1) is 13.8 Å². The summed E-state index contributed by atoms with van der Waals surface area (Å²) in [7, 11) is 0. The van der Waals surface area contributed by atoms with Crippen LogP contribution in [0.4, 0.5) is 5.69 Å². The van der Waals surface area contributed by atoms with E-state index in [1.165, 1.54) is 0 Å². The Kier molecular flexibility index (Phi) is 5.43. The summed E-state index contributed by atoms with van der Waals surface area (Å²) >= 11 is 1.07. The number of hydrogen-bond acceptors (Lipinski definition) is 7. The van der Waals surface area contributed by atoms with Gasteiger partial charge in [0.2, 0.25) is 0 Å². The van der Waals surface area contributed by atoms with E-state index in [1.807, 2.05) is 32.0 Å². The molecule has 3 rings (SSSR count). The summed E-state index contributed by atoms with van der Waals surface area (Å²) in [6.45, 7) is 3.23. The van der Waals surface area contributed by atoms with E-state index in [2.05, 4.69) is 14.1 Å². The number of rotatable bonds is 6. The second-order valence-corrected chi connectivity index (χ2v) is 6.29. The SMILES string of the molecule is Cc1cc(C)cc(OCC(=O)OCC(=O)Nc2cccc3nsnc23)c1. The highest BCUT2D eigenvalue weighted by Crippen LogP contribution is 2.21. The lowest BCUT2D eigenvalue weighted by molar-refractivity contribution is -0.149. The molecule has 8 heteroatoms. The Morgan fingerprint density at radius 1 is 1.08 bits per heavy atom. The van der Waals surface area contributed by atoms with Crippen LogP contribution in [0.25, 0.3) is 11.0 Å². The summed E-state index contributed by atoms with van der Waals surface area (Å²) < 4.78 is 18.6. The van der Waals surface area contributed by atoms with Crippen LogP contribution in [0.3, 0.4) is 0 Å². The first kappa shape index (κ1) is 17.8. The van der Waals surface area contributed by atoms with Gasteiger partial charge in [0.1, 0.15) is 16.8 Å². The maximum Gasteiger partial charge on any atom is 0.344 e. The molecule has 0 bridgehead atoms. The first-order valence-electron chi connectivity index (χ1n) is 7.89. The maximum atomic E-state index is 12.0. The summed E-state index contributed by atoms with van der Waals surface area (Å²) in [4.78, 5) is 23.7. The maximum absolute atomic E-state index is 12.0. The summed E-state index contributed by atoms with van der Waals surface area (Å²) in [6.07, 6.45) is 0. The number of anilines is 1. The standard InChI is InChI=1S/C18H17N3O4S/c1-11-6-12(2)8-13(7-11)24-10-17(23)25-9-16(22)19-14-4-3-5-15-18(14)21-26-20-15/h3-8H,9-10H2,1-2H3,(H,19,22). The summed E-state index contributed by atoms with van der Waals surface area (Å²) in [6, 6.07) is 11.0. The van der Waals surface area contributed by atoms with Crippen LogP contribution in [0.2, 0.25) is 0 Å². The fraction of sp³-hybridized carbons (Fsp3) is 0.222. The van der Waals surface area contributed by atoms with Crippen molar-refractivity contribution in [2.75, 3.05) is 18.5 Å². The quantitative estimate of drug-likeness (QED) is 0.670. The molecule has 0 saturated heterocycles. The zero-order valence-corrected chi connectivity index (χ0v) is 15.1. The minimum atomic E-state index is -0.618. The lowest BCUT2D eigenvalue weighted by Crippen LogP contribution is -2.23. The van der Waals surface area contributed by atoms with E-state index < -0.39 is 18.5 Å². The number of hydrogen-bond donors (Lipinski definition) is 1. The monoisotopic (exact) mass is 371 g/mol. The van der Waals surface area contributed by atoms with Gasteiger partial charge in [0, 0.05) is 0 Å². The zero-order valence-electron chi connectivity index (χ0n) is 14.3. The first-order valence-corrected chi connectivity index (χ1v) is 8.62. The number of carbonyl (C=O) groups excluding carboxylic acids is 2. The molecule has 3 aromatic rings. The van der Waals surface area contributed by atoms with E-state index in [1.54, 1.807) is 18.2 Å². The third-order valence-electron chi connectivity index (χ3n) is 3.48. The number of benzene rings is 2. The number of nitrogens with one attached hydrogen (secondary N) is 1. The fourth-order valence-electron chi connectivity index (χ4n) is 2.44. The molecule has 7 nitrogen and oxygen atoms in total. The lowest BCUT2D eigenvalue weighted by Gasteiger charge is -2.09. The molecule has 0 fully saturated rings. The largest absolute Gasteiger partial charge is 0.482 e. The van der Waals surface area contributed by atoms with Crippen molar-refractivity contribution in [3.63, 3.8) is 0 Å². The molecular weight excluding hydrogens is 354 g/mol. The van der Waals surface area contributed by atoms with Crippen molar-refractivity contribution in [1.82, 2.24) is 8.75 Å². The molecule has 0 aliphatic carbocycles. The van der Waals surface area contributed by atoms with Crippen molar-refractivity contribution in [1.29, 1.82) is 0 Å². The van der Waals surface area contributed by atoms with Gasteiger partial charge in [-0.1, -0.05) is 12.1 Å². The number of amides is 1. The smallest absolute Gasteiger partial charge is 0.344 e. The molecule has 1 heterocycles. The number of esters is 1. The minimum absolute atomic E-state index is 0.262. The first-order chi connectivity index (χ1) is 12.5. The molecule has 0 aliphatic heterocycles. The van der Waals surface area contributed by atoms with Gasteiger partial charge in [-0.15, -0.1) is 0 Å².